The second kappa shape index (κ2) is 5.30. The minimum absolute atomic E-state index is 0.127. The van der Waals surface area contributed by atoms with Crippen molar-refractivity contribution in [1.29, 1.82) is 0 Å². The van der Waals surface area contributed by atoms with E-state index in [9.17, 15) is 13.2 Å². The molecule has 1 heterocycles. The smallest absolute Gasteiger partial charge is 0.251 e. The predicted octanol–water partition coefficient (Wildman–Crippen LogP) is 0.428. The number of nitrogens with one attached hydrogen (secondary N) is 2. The Hall–Kier alpha value is -1.40. The summed E-state index contributed by atoms with van der Waals surface area (Å²) in [5, 5.41) is 6.17. The highest BCUT2D eigenvalue weighted by Crippen LogP contribution is 2.12. The molecule has 1 aliphatic rings. The van der Waals surface area contributed by atoms with Gasteiger partial charge in [0.1, 0.15) is 0 Å². The molecule has 2 N–H and O–H groups in total. The first-order valence-electron chi connectivity index (χ1n) is 6.19. The van der Waals surface area contributed by atoms with Crippen LogP contribution in [0.2, 0.25) is 0 Å². The fraction of sp³-hybridized carbons (Fsp3) is 0.462. The Morgan fingerprint density at radius 2 is 1.89 bits per heavy atom. The van der Waals surface area contributed by atoms with Crippen LogP contribution >= 0.6 is 0 Å². The van der Waals surface area contributed by atoms with Gasteiger partial charge in [-0.1, -0.05) is 6.92 Å². The number of hydrogen-bond acceptors (Lipinski definition) is 4. The molecule has 2 atom stereocenters. The molecule has 0 spiro atoms. The molecule has 2 unspecified atom stereocenters. The monoisotopic (exact) mass is 282 g/mol. The van der Waals surface area contributed by atoms with E-state index in [1.54, 1.807) is 12.1 Å². The van der Waals surface area contributed by atoms with Crippen LogP contribution in [0.4, 0.5) is 0 Å². The highest BCUT2D eigenvalue weighted by Gasteiger charge is 2.24. The van der Waals surface area contributed by atoms with E-state index >= 15 is 0 Å². The van der Waals surface area contributed by atoms with Gasteiger partial charge in [0, 0.05) is 24.4 Å². The molecule has 0 aromatic heterocycles. The van der Waals surface area contributed by atoms with Crippen molar-refractivity contribution in [3.05, 3.63) is 29.8 Å². The quantitative estimate of drug-likeness (QED) is 0.843. The number of carbonyl (C=O) groups excluding carboxylic acids is 1. The second-order valence-corrected chi connectivity index (χ2v) is 7.03. The first-order chi connectivity index (χ1) is 8.88. The molecule has 1 aliphatic heterocycles. The van der Waals surface area contributed by atoms with Crippen molar-refractivity contribution in [3.63, 3.8) is 0 Å². The van der Waals surface area contributed by atoms with E-state index in [0.29, 0.717) is 11.5 Å². The van der Waals surface area contributed by atoms with Gasteiger partial charge in [-0.25, -0.2) is 8.42 Å². The largest absolute Gasteiger partial charge is 0.348 e. The average Bonchev–Trinajstić information content (AvgIpc) is 2.74. The molecule has 1 fully saturated rings. The molecule has 1 saturated heterocycles. The maximum atomic E-state index is 12.0. The fourth-order valence-corrected chi connectivity index (χ4v) is 2.74. The van der Waals surface area contributed by atoms with Crippen molar-refractivity contribution in [2.45, 2.75) is 17.9 Å². The van der Waals surface area contributed by atoms with Crippen LogP contribution in [-0.4, -0.2) is 39.7 Å². The zero-order valence-corrected chi connectivity index (χ0v) is 11.8. The Labute approximate surface area is 113 Å². The fourth-order valence-electron chi connectivity index (χ4n) is 2.11. The maximum absolute atomic E-state index is 12.0. The molecule has 0 saturated carbocycles. The SMILES string of the molecule is CC1CNCC1NC(=O)c1ccc(S(C)(=O)=O)cc1. The van der Waals surface area contributed by atoms with Gasteiger partial charge in [-0.2, -0.15) is 0 Å². The number of benzene rings is 1. The third kappa shape index (κ3) is 3.33. The van der Waals surface area contributed by atoms with E-state index < -0.39 is 9.84 Å². The van der Waals surface area contributed by atoms with Gasteiger partial charge in [0.25, 0.3) is 5.91 Å². The molecule has 19 heavy (non-hydrogen) atoms. The second-order valence-electron chi connectivity index (χ2n) is 5.01. The molecule has 1 amide bonds. The first-order valence-corrected chi connectivity index (χ1v) is 8.09. The minimum atomic E-state index is -3.22. The highest BCUT2D eigenvalue weighted by molar-refractivity contribution is 7.90. The third-order valence-electron chi connectivity index (χ3n) is 3.38. The lowest BCUT2D eigenvalue weighted by Crippen LogP contribution is -2.39. The van der Waals surface area contributed by atoms with E-state index in [-0.39, 0.29) is 16.8 Å². The lowest BCUT2D eigenvalue weighted by molar-refractivity contribution is 0.0933. The van der Waals surface area contributed by atoms with Gasteiger partial charge in [-0.15, -0.1) is 0 Å². The molecule has 1 aromatic carbocycles. The Kier molecular flexibility index (Phi) is 3.91. The molecule has 5 nitrogen and oxygen atoms in total. The average molecular weight is 282 g/mol. The van der Waals surface area contributed by atoms with Crippen molar-refractivity contribution >= 4 is 15.7 Å². The number of rotatable bonds is 3. The Morgan fingerprint density at radius 3 is 2.37 bits per heavy atom. The van der Waals surface area contributed by atoms with Crippen LogP contribution in [0.25, 0.3) is 0 Å². The van der Waals surface area contributed by atoms with Crippen LogP contribution < -0.4 is 10.6 Å². The summed E-state index contributed by atoms with van der Waals surface area (Å²) < 4.78 is 22.7. The summed E-state index contributed by atoms with van der Waals surface area (Å²) in [5.41, 5.74) is 0.478. The Morgan fingerprint density at radius 1 is 1.26 bits per heavy atom. The molecule has 0 bridgehead atoms. The van der Waals surface area contributed by atoms with Crippen LogP contribution in [0.3, 0.4) is 0 Å². The molecule has 104 valence electrons. The normalized spacial score (nSPS) is 23.3. The summed E-state index contributed by atoms with van der Waals surface area (Å²) in [6.07, 6.45) is 1.15. The van der Waals surface area contributed by atoms with Crippen molar-refractivity contribution in [2.24, 2.45) is 5.92 Å². The lowest BCUT2D eigenvalue weighted by Gasteiger charge is -2.16. The lowest BCUT2D eigenvalue weighted by atomic mass is 10.1. The highest BCUT2D eigenvalue weighted by atomic mass is 32.2. The molecular weight excluding hydrogens is 264 g/mol. The number of hydrogen-bond donors (Lipinski definition) is 2. The molecule has 6 heteroatoms. The van der Waals surface area contributed by atoms with Crippen LogP contribution in [0.5, 0.6) is 0 Å². The number of amides is 1. The zero-order valence-electron chi connectivity index (χ0n) is 11.0. The first kappa shape index (κ1) is 14.0. The van der Waals surface area contributed by atoms with Gasteiger partial charge in [0.15, 0.2) is 9.84 Å². The summed E-state index contributed by atoms with van der Waals surface area (Å²) in [5.74, 6) is 0.236. The topological polar surface area (TPSA) is 75.3 Å². The Bertz CT molecular complexity index is 566. The summed E-state index contributed by atoms with van der Waals surface area (Å²) >= 11 is 0. The van der Waals surface area contributed by atoms with E-state index in [2.05, 4.69) is 17.6 Å². The van der Waals surface area contributed by atoms with Gasteiger partial charge in [0.2, 0.25) is 0 Å². The van der Waals surface area contributed by atoms with Gasteiger partial charge in [0.05, 0.1) is 4.90 Å². The number of sulfone groups is 1. The van der Waals surface area contributed by atoms with Gasteiger partial charge >= 0.3 is 0 Å². The summed E-state index contributed by atoms with van der Waals surface area (Å²) in [7, 11) is -3.22. The van der Waals surface area contributed by atoms with Gasteiger partial charge in [-0.3, -0.25) is 4.79 Å². The maximum Gasteiger partial charge on any atom is 0.251 e. The van der Waals surface area contributed by atoms with Crippen molar-refractivity contribution < 1.29 is 13.2 Å². The van der Waals surface area contributed by atoms with Crippen LogP contribution in [0.1, 0.15) is 17.3 Å². The van der Waals surface area contributed by atoms with Crippen molar-refractivity contribution in [2.75, 3.05) is 19.3 Å². The van der Waals surface area contributed by atoms with Crippen molar-refractivity contribution in [1.82, 2.24) is 10.6 Å². The summed E-state index contributed by atoms with van der Waals surface area (Å²) in [6.45, 7) is 3.75. The van der Waals surface area contributed by atoms with Gasteiger partial charge in [-0.05, 0) is 36.7 Å². The number of carbonyl (C=O) groups is 1. The zero-order chi connectivity index (χ0) is 14.0. The Balaban J connectivity index is 2.08. The van der Waals surface area contributed by atoms with Crippen LogP contribution in [0, 0.1) is 5.92 Å². The standard InChI is InChI=1S/C13H18N2O3S/c1-9-7-14-8-12(9)15-13(16)10-3-5-11(6-4-10)19(2,17)18/h3-6,9,12,14H,7-8H2,1-2H3,(H,15,16). The molecule has 2 rings (SSSR count). The molecule has 1 aromatic rings. The van der Waals surface area contributed by atoms with Crippen LogP contribution in [-0.2, 0) is 9.84 Å². The van der Waals surface area contributed by atoms with E-state index in [1.165, 1.54) is 12.1 Å². The van der Waals surface area contributed by atoms with Crippen molar-refractivity contribution in [3.8, 4) is 0 Å². The predicted molar refractivity (Wildman–Crippen MR) is 72.8 cm³/mol. The molecule has 0 aliphatic carbocycles. The summed E-state index contributed by atoms with van der Waals surface area (Å²) in [4.78, 5) is 12.2. The minimum Gasteiger partial charge on any atom is -0.348 e. The van der Waals surface area contributed by atoms with Gasteiger partial charge < -0.3 is 10.6 Å². The summed E-state index contributed by atoms with van der Waals surface area (Å²) in [6, 6.07) is 6.13. The van der Waals surface area contributed by atoms with E-state index in [0.717, 1.165) is 19.3 Å². The third-order valence-corrected chi connectivity index (χ3v) is 4.51. The molecular formula is C13H18N2O3S. The van der Waals surface area contributed by atoms with E-state index in [4.69, 9.17) is 0 Å². The van der Waals surface area contributed by atoms with Crippen LogP contribution in [0.15, 0.2) is 29.2 Å². The van der Waals surface area contributed by atoms with E-state index in [1.807, 2.05) is 0 Å². The molecule has 0 radical (unpaired) electrons.